The number of carbonyl (C=O) groups excluding carboxylic acids is 4. The van der Waals surface area contributed by atoms with Crippen molar-refractivity contribution in [1.29, 1.82) is 0 Å². The number of carbonyl (C=O) groups is 4. The van der Waals surface area contributed by atoms with Gasteiger partial charge >= 0.3 is 23.9 Å². The molecule has 0 unspecified atom stereocenters. The lowest BCUT2D eigenvalue weighted by Gasteiger charge is -2.19. The maximum absolute atomic E-state index is 12.0. The van der Waals surface area contributed by atoms with Crippen LogP contribution in [0.3, 0.4) is 0 Å². The summed E-state index contributed by atoms with van der Waals surface area (Å²) in [5.74, 6) is 0.875. The summed E-state index contributed by atoms with van der Waals surface area (Å²) in [5, 5.41) is 0. The summed E-state index contributed by atoms with van der Waals surface area (Å²) in [4.78, 5) is 48.0. The van der Waals surface area contributed by atoms with Gasteiger partial charge in [-0.3, -0.25) is 19.2 Å². The number of fused-ring (bicyclic) bond motifs is 1. The Kier molecular flexibility index (Phi) is 18.8. The largest absolute Gasteiger partial charge is 0.493 e. The molecule has 1 aromatic heterocycles. The van der Waals surface area contributed by atoms with Crippen LogP contribution < -0.4 is 18.9 Å². The number of rotatable bonds is 26. The molecule has 0 aliphatic carbocycles. The van der Waals surface area contributed by atoms with Gasteiger partial charge in [-0.1, -0.05) is 24.3 Å². The maximum atomic E-state index is 12.0. The Hall–Kier alpha value is -5.44. The Bertz CT molecular complexity index is 1690. The van der Waals surface area contributed by atoms with Crippen molar-refractivity contribution < 1.29 is 57.1 Å². The third kappa shape index (κ3) is 13.6. The van der Waals surface area contributed by atoms with E-state index in [-0.39, 0.29) is 76.0 Å². The quantitative estimate of drug-likeness (QED) is 0.0341. The van der Waals surface area contributed by atoms with Gasteiger partial charge in [0.25, 0.3) is 0 Å². The van der Waals surface area contributed by atoms with Crippen LogP contribution in [0.5, 0.6) is 23.0 Å². The Morgan fingerprint density at radius 3 is 1.00 bits per heavy atom. The lowest BCUT2D eigenvalue weighted by atomic mass is 9.95. The van der Waals surface area contributed by atoms with Crippen molar-refractivity contribution in [3.8, 4) is 45.3 Å². The van der Waals surface area contributed by atoms with Crippen LogP contribution in [-0.4, -0.2) is 85.5 Å². The molecule has 0 aliphatic heterocycles. The number of ether oxygens (including phenoxy) is 8. The summed E-state index contributed by atoms with van der Waals surface area (Å²) in [6, 6.07) is 14.8. The van der Waals surface area contributed by atoms with Crippen LogP contribution in [0.15, 0.2) is 48.5 Å². The van der Waals surface area contributed by atoms with E-state index in [9.17, 15) is 19.2 Å². The average molecular weight is 809 g/mol. The van der Waals surface area contributed by atoms with Gasteiger partial charge in [0.05, 0.1) is 75.7 Å². The van der Waals surface area contributed by atoms with Gasteiger partial charge in [-0.2, -0.15) is 8.75 Å². The van der Waals surface area contributed by atoms with E-state index in [1.54, 1.807) is 27.7 Å². The Balaban J connectivity index is 1.72. The summed E-state index contributed by atoms with van der Waals surface area (Å²) in [5.41, 5.74) is 3.78. The highest BCUT2D eigenvalue weighted by Crippen LogP contribution is 2.47. The summed E-state index contributed by atoms with van der Waals surface area (Å²) in [7, 11) is 0. The fourth-order valence-corrected chi connectivity index (χ4v) is 6.40. The highest BCUT2D eigenvalue weighted by atomic mass is 32.1. The zero-order valence-electron chi connectivity index (χ0n) is 33.1. The predicted molar refractivity (Wildman–Crippen MR) is 214 cm³/mol. The molecule has 0 bridgehead atoms. The molecule has 15 heteroatoms. The molecule has 0 fully saturated rings. The van der Waals surface area contributed by atoms with E-state index in [1.165, 1.54) is 0 Å². The van der Waals surface area contributed by atoms with E-state index >= 15 is 0 Å². The molecule has 0 saturated heterocycles. The van der Waals surface area contributed by atoms with Gasteiger partial charge in [0.15, 0.2) is 0 Å². The minimum absolute atomic E-state index is 0.208. The van der Waals surface area contributed by atoms with Crippen LogP contribution >= 0.6 is 11.7 Å². The number of hydrogen-bond donors (Lipinski definition) is 0. The molecule has 0 saturated carbocycles. The van der Waals surface area contributed by atoms with Crippen LogP contribution in [0.2, 0.25) is 0 Å². The van der Waals surface area contributed by atoms with Crippen LogP contribution in [0, 0.1) is 0 Å². The van der Waals surface area contributed by atoms with Crippen molar-refractivity contribution in [2.75, 3.05) is 52.9 Å². The molecular formula is C42H52N2O12S. The second-order valence-electron chi connectivity index (χ2n) is 12.4. The topological polar surface area (TPSA) is 168 Å². The lowest BCUT2D eigenvalue weighted by molar-refractivity contribution is -0.144. The molecule has 3 aromatic carbocycles. The van der Waals surface area contributed by atoms with Gasteiger partial charge < -0.3 is 37.9 Å². The predicted octanol–water partition coefficient (Wildman–Crippen LogP) is 7.91. The molecule has 57 heavy (non-hydrogen) atoms. The zero-order valence-corrected chi connectivity index (χ0v) is 34.0. The van der Waals surface area contributed by atoms with Gasteiger partial charge in [-0.15, -0.1) is 0 Å². The molecule has 4 rings (SSSR count). The molecule has 0 N–H and O–H groups in total. The highest BCUT2D eigenvalue weighted by Gasteiger charge is 2.24. The first-order chi connectivity index (χ1) is 27.8. The average Bonchev–Trinajstić information content (AvgIpc) is 3.70. The molecule has 0 spiro atoms. The van der Waals surface area contributed by atoms with Gasteiger partial charge in [-0.25, -0.2) is 0 Å². The number of benzene rings is 3. The lowest BCUT2D eigenvalue weighted by Crippen LogP contribution is -2.09. The minimum atomic E-state index is -0.295. The van der Waals surface area contributed by atoms with Crippen molar-refractivity contribution in [1.82, 2.24) is 8.75 Å². The third-order valence-corrected chi connectivity index (χ3v) is 8.81. The number of esters is 4. The van der Waals surface area contributed by atoms with Crippen molar-refractivity contribution in [2.45, 2.75) is 79.1 Å². The van der Waals surface area contributed by atoms with Gasteiger partial charge in [0.1, 0.15) is 34.0 Å². The monoisotopic (exact) mass is 808 g/mol. The fraction of sp³-hybridized carbons (Fsp3) is 0.476. The first-order valence-corrected chi connectivity index (χ1v) is 20.2. The van der Waals surface area contributed by atoms with Crippen molar-refractivity contribution in [2.24, 2.45) is 0 Å². The van der Waals surface area contributed by atoms with Crippen molar-refractivity contribution in [3.63, 3.8) is 0 Å². The van der Waals surface area contributed by atoms with E-state index in [4.69, 9.17) is 46.6 Å². The van der Waals surface area contributed by atoms with Gasteiger partial charge in [-0.05, 0) is 77.6 Å². The Labute approximate surface area is 337 Å². The zero-order chi connectivity index (χ0) is 40.8. The first-order valence-electron chi connectivity index (χ1n) is 19.5. The minimum Gasteiger partial charge on any atom is -0.493 e. The van der Waals surface area contributed by atoms with Crippen molar-refractivity contribution >= 4 is 46.6 Å². The standard InChI is InChI=1S/C42H52N2O12S/c1-5-49-35(45)19-11-25-53-31-15-9-16-32(54-26-12-20-36(46)50-6-2)39(31)29-23-24-30(42-41(29)43-57-44-42)40-33(55-27-13-21-37(47)51-7-3)17-10-18-34(40)56-28-14-22-38(48)52-8-4/h9-10,15-18,23-24H,5-8,11-14,19-22,25-28H2,1-4H3. The van der Waals surface area contributed by atoms with E-state index in [0.29, 0.717) is 108 Å². The maximum Gasteiger partial charge on any atom is 0.305 e. The van der Waals surface area contributed by atoms with Crippen LogP contribution in [-0.2, 0) is 38.1 Å². The van der Waals surface area contributed by atoms with E-state index in [0.717, 1.165) is 11.7 Å². The number of hydrogen-bond acceptors (Lipinski definition) is 15. The van der Waals surface area contributed by atoms with E-state index in [1.807, 2.05) is 48.5 Å². The second-order valence-corrected chi connectivity index (χ2v) is 12.9. The molecule has 0 radical (unpaired) electrons. The molecule has 0 amide bonds. The summed E-state index contributed by atoms with van der Waals surface area (Å²) < 4.78 is 54.9. The smallest absolute Gasteiger partial charge is 0.305 e. The summed E-state index contributed by atoms with van der Waals surface area (Å²) in [6.07, 6.45) is 2.59. The number of nitrogens with zero attached hydrogens (tertiary/aromatic N) is 2. The molecule has 1 heterocycles. The Morgan fingerprint density at radius 1 is 0.456 bits per heavy atom. The molecular weight excluding hydrogens is 757 g/mol. The third-order valence-electron chi connectivity index (χ3n) is 8.28. The van der Waals surface area contributed by atoms with Gasteiger partial charge in [0.2, 0.25) is 0 Å². The molecule has 4 aromatic rings. The Morgan fingerprint density at radius 2 is 0.737 bits per heavy atom. The van der Waals surface area contributed by atoms with Crippen LogP contribution in [0.1, 0.15) is 79.1 Å². The molecule has 0 atom stereocenters. The second kappa shape index (κ2) is 24.3. The van der Waals surface area contributed by atoms with Crippen molar-refractivity contribution in [3.05, 3.63) is 48.5 Å². The van der Waals surface area contributed by atoms with Crippen LogP contribution in [0.4, 0.5) is 0 Å². The number of aromatic nitrogens is 2. The SMILES string of the molecule is CCOC(=O)CCCOc1cccc(OCCCC(=O)OCC)c1-c1ccc(-c2c(OCCCC(=O)OCC)cccc2OCCCC(=O)OCC)c2nsnc12. The molecule has 308 valence electrons. The normalized spacial score (nSPS) is 10.8. The fourth-order valence-electron chi connectivity index (χ4n) is 5.83. The summed E-state index contributed by atoms with van der Waals surface area (Å²) in [6.45, 7) is 9.26. The molecule has 0 aliphatic rings. The highest BCUT2D eigenvalue weighted by molar-refractivity contribution is 7.00. The van der Waals surface area contributed by atoms with Gasteiger partial charge in [0, 0.05) is 36.8 Å². The van der Waals surface area contributed by atoms with E-state index < -0.39 is 0 Å². The first kappa shape index (κ1) is 44.3. The molecule has 14 nitrogen and oxygen atoms in total. The van der Waals surface area contributed by atoms with E-state index in [2.05, 4.69) is 0 Å². The summed E-state index contributed by atoms with van der Waals surface area (Å²) >= 11 is 1.04. The van der Waals surface area contributed by atoms with Crippen LogP contribution in [0.25, 0.3) is 33.3 Å².